The molecule has 0 saturated carbocycles. The van der Waals surface area contributed by atoms with Crippen molar-refractivity contribution in [1.29, 1.82) is 0 Å². The summed E-state index contributed by atoms with van der Waals surface area (Å²) in [5, 5.41) is 0. The molecule has 0 aliphatic carbocycles. The second-order valence-corrected chi connectivity index (χ2v) is 5.68. The predicted octanol–water partition coefficient (Wildman–Crippen LogP) is 2.86. The van der Waals surface area contributed by atoms with Gasteiger partial charge < -0.3 is 5.73 Å². The second kappa shape index (κ2) is 6.35. The number of hydrogen-bond acceptors (Lipinski definition) is 2. The maximum atomic E-state index is 5.68. The molecule has 1 aromatic carbocycles. The fourth-order valence-electron chi connectivity index (χ4n) is 2.99. The normalized spacial score (nSPS) is 21.2. The molecule has 1 aromatic rings. The standard InChI is InChI=1S/C16H26N2/c1-13-5-3-7-16(14(13)2)12-18-10-4-6-15(11-18)8-9-17/h3,5,7,15H,4,6,8-12,17H2,1-2H3. The lowest BCUT2D eigenvalue weighted by Gasteiger charge is -2.33. The first-order valence-corrected chi connectivity index (χ1v) is 7.18. The number of likely N-dealkylation sites (tertiary alicyclic amines) is 1. The summed E-state index contributed by atoms with van der Waals surface area (Å²) in [5.74, 6) is 0.814. The van der Waals surface area contributed by atoms with Gasteiger partial charge in [-0.15, -0.1) is 0 Å². The van der Waals surface area contributed by atoms with Gasteiger partial charge in [0.05, 0.1) is 0 Å². The summed E-state index contributed by atoms with van der Waals surface area (Å²) in [7, 11) is 0. The van der Waals surface area contributed by atoms with E-state index in [9.17, 15) is 0 Å². The molecule has 2 rings (SSSR count). The van der Waals surface area contributed by atoms with Crippen LogP contribution in [0.3, 0.4) is 0 Å². The summed E-state index contributed by atoms with van der Waals surface area (Å²) in [6, 6.07) is 6.65. The maximum absolute atomic E-state index is 5.68. The molecule has 0 radical (unpaired) electrons. The topological polar surface area (TPSA) is 29.3 Å². The zero-order chi connectivity index (χ0) is 13.0. The van der Waals surface area contributed by atoms with Crippen molar-refractivity contribution in [1.82, 2.24) is 4.90 Å². The molecule has 1 atom stereocenters. The molecule has 100 valence electrons. The zero-order valence-corrected chi connectivity index (χ0v) is 11.8. The van der Waals surface area contributed by atoms with Crippen LogP contribution in [0.4, 0.5) is 0 Å². The first-order chi connectivity index (χ1) is 8.70. The Hall–Kier alpha value is -0.860. The van der Waals surface area contributed by atoms with E-state index in [1.54, 1.807) is 0 Å². The molecular weight excluding hydrogens is 220 g/mol. The van der Waals surface area contributed by atoms with Crippen LogP contribution in [0.25, 0.3) is 0 Å². The third kappa shape index (κ3) is 3.33. The molecule has 2 heteroatoms. The molecule has 18 heavy (non-hydrogen) atoms. The molecule has 0 amide bonds. The fourth-order valence-corrected chi connectivity index (χ4v) is 2.99. The van der Waals surface area contributed by atoms with Crippen LogP contribution in [0.15, 0.2) is 18.2 Å². The van der Waals surface area contributed by atoms with Gasteiger partial charge in [0.2, 0.25) is 0 Å². The van der Waals surface area contributed by atoms with Crippen LogP contribution in [-0.4, -0.2) is 24.5 Å². The molecule has 0 spiro atoms. The Morgan fingerprint density at radius 2 is 2.17 bits per heavy atom. The molecule has 1 fully saturated rings. The highest BCUT2D eigenvalue weighted by Gasteiger charge is 2.19. The quantitative estimate of drug-likeness (QED) is 0.885. The smallest absolute Gasteiger partial charge is 0.0236 e. The largest absolute Gasteiger partial charge is 0.330 e. The number of hydrogen-bond donors (Lipinski definition) is 1. The van der Waals surface area contributed by atoms with E-state index in [2.05, 4.69) is 36.9 Å². The predicted molar refractivity (Wildman–Crippen MR) is 77.6 cm³/mol. The van der Waals surface area contributed by atoms with Gasteiger partial charge in [-0.1, -0.05) is 18.2 Å². The van der Waals surface area contributed by atoms with Gasteiger partial charge in [0, 0.05) is 13.1 Å². The minimum Gasteiger partial charge on any atom is -0.330 e. The minimum atomic E-state index is 0.814. The number of nitrogens with zero attached hydrogens (tertiary/aromatic N) is 1. The van der Waals surface area contributed by atoms with Crippen molar-refractivity contribution in [2.45, 2.75) is 39.7 Å². The molecule has 2 nitrogen and oxygen atoms in total. The molecule has 1 unspecified atom stereocenters. The van der Waals surface area contributed by atoms with Crippen LogP contribution in [-0.2, 0) is 6.54 Å². The Bertz CT molecular complexity index is 385. The van der Waals surface area contributed by atoms with Gasteiger partial charge in [-0.3, -0.25) is 4.90 Å². The molecule has 0 bridgehead atoms. The van der Waals surface area contributed by atoms with Crippen molar-refractivity contribution in [3.63, 3.8) is 0 Å². The van der Waals surface area contributed by atoms with E-state index >= 15 is 0 Å². The van der Waals surface area contributed by atoms with Crippen LogP contribution < -0.4 is 5.73 Å². The van der Waals surface area contributed by atoms with Crippen LogP contribution in [0.2, 0.25) is 0 Å². The molecule has 2 N–H and O–H groups in total. The number of aryl methyl sites for hydroxylation is 1. The highest BCUT2D eigenvalue weighted by molar-refractivity contribution is 5.33. The Morgan fingerprint density at radius 1 is 1.33 bits per heavy atom. The number of rotatable bonds is 4. The number of nitrogens with two attached hydrogens (primary N) is 1. The summed E-state index contributed by atoms with van der Waals surface area (Å²) in [6.07, 6.45) is 3.87. The number of piperidine rings is 1. The molecule has 0 aromatic heterocycles. The lowest BCUT2D eigenvalue weighted by molar-refractivity contribution is 0.163. The molecule has 1 heterocycles. The van der Waals surface area contributed by atoms with E-state index in [1.165, 1.54) is 49.0 Å². The van der Waals surface area contributed by atoms with E-state index in [-0.39, 0.29) is 0 Å². The van der Waals surface area contributed by atoms with Crippen LogP contribution in [0, 0.1) is 19.8 Å². The average molecular weight is 246 g/mol. The van der Waals surface area contributed by atoms with E-state index in [4.69, 9.17) is 5.73 Å². The maximum Gasteiger partial charge on any atom is 0.0236 e. The highest BCUT2D eigenvalue weighted by Crippen LogP contribution is 2.22. The fraction of sp³-hybridized carbons (Fsp3) is 0.625. The Kier molecular flexibility index (Phi) is 4.79. The third-order valence-electron chi connectivity index (χ3n) is 4.29. The van der Waals surface area contributed by atoms with Gasteiger partial charge in [-0.25, -0.2) is 0 Å². The van der Waals surface area contributed by atoms with Gasteiger partial charge in [-0.2, -0.15) is 0 Å². The summed E-state index contributed by atoms with van der Waals surface area (Å²) in [4.78, 5) is 2.60. The monoisotopic (exact) mass is 246 g/mol. The Balaban J connectivity index is 1.98. The number of benzene rings is 1. The first-order valence-electron chi connectivity index (χ1n) is 7.18. The van der Waals surface area contributed by atoms with Crippen molar-refractivity contribution in [3.8, 4) is 0 Å². The highest BCUT2D eigenvalue weighted by atomic mass is 15.1. The SMILES string of the molecule is Cc1cccc(CN2CCCC(CCN)C2)c1C. The second-order valence-electron chi connectivity index (χ2n) is 5.68. The summed E-state index contributed by atoms with van der Waals surface area (Å²) in [6.45, 7) is 8.86. The Morgan fingerprint density at radius 3 is 2.94 bits per heavy atom. The summed E-state index contributed by atoms with van der Waals surface area (Å²) < 4.78 is 0. The van der Waals surface area contributed by atoms with E-state index in [1.807, 2.05) is 0 Å². The molecule has 1 aliphatic rings. The van der Waals surface area contributed by atoms with E-state index < -0.39 is 0 Å². The molecule has 1 aliphatic heterocycles. The van der Waals surface area contributed by atoms with Gasteiger partial charge in [-0.05, 0) is 68.8 Å². The molecular formula is C16H26N2. The van der Waals surface area contributed by atoms with Crippen molar-refractivity contribution in [3.05, 3.63) is 34.9 Å². The van der Waals surface area contributed by atoms with Crippen LogP contribution in [0.1, 0.15) is 36.0 Å². The Labute approximate surface area is 111 Å². The van der Waals surface area contributed by atoms with Crippen LogP contribution >= 0.6 is 0 Å². The summed E-state index contributed by atoms with van der Waals surface area (Å²) >= 11 is 0. The average Bonchev–Trinajstić information content (AvgIpc) is 2.36. The van der Waals surface area contributed by atoms with Gasteiger partial charge >= 0.3 is 0 Å². The lowest BCUT2D eigenvalue weighted by atomic mass is 9.94. The van der Waals surface area contributed by atoms with Crippen molar-refractivity contribution in [2.24, 2.45) is 11.7 Å². The van der Waals surface area contributed by atoms with Crippen molar-refractivity contribution in [2.75, 3.05) is 19.6 Å². The first kappa shape index (κ1) is 13.6. The van der Waals surface area contributed by atoms with Crippen molar-refractivity contribution < 1.29 is 0 Å². The van der Waals surface area contributed by atoms with E-state index in [0.717, 1.165) is 19.0 Å². The lowest BCUT2D eigenvalue weighted by Crippen LogP contribution is -2.35. The zero-order valence-electron chi connectivity index (χ0n) is 11.8. The minimum absolute atomic E-state index is 0.814. The molecule has 1 saturated heterocycles. The van der Waals surface area contributed by atoms with Crippen molar-refractivity contribution >= 4 is 0 Å². The van der Waals surface area contributed by atoms with Gasteiger partial charge in [0.25, 0.3) is 0 Å². The van der Waals surface area contributed by atoms with Crippen LogP contribution in [0.5, 0.6) is 0 Å². The van der Waals surface area contributed by atoms with Gasteiger partial charge in [0.15, 0.2) is 0 Å². The summed E-state index contributed by atoms with van der Waals surface area (Å²) in [5.41, 5.74) is 10.0. The van der Waals surface area contributed by atoms with Gasteiger partial charge in [0.1, 0.15) is 0 Å². The third-order valence-corrected chi connectivity index (χ3v) is 4.29. The van der Waals surface area contributed by atoms with E-state index in [0.29, 0.717) is 0 Å².